The van der Waals surface area contributed by atoms with Gasteiger partial charge in [0.1, 0.15) is 5.75 Å². The van der Waals surface area contributed by atoms with Crippen LogP contribution in [0, 0.1) is 6.92 Å². The number of hydrogen-bond donors (Lipinski definition) is 2. The maximum atomic E-state index is 11.7. The average molecular weight is 303 g/mol. The van der Waals surface area contributed by atoms with Crippen LogP contribution in [0.5, 0.6) is 5.75 Å². The highest BCUT2D eigenvalue weighted by molar-refractivity contribution is 5.86. The molecule has 0 saturated carbocycles. The first kappa shape index (κ1) is 15.9. The Balaban J connectivity index is 2.03. The lowest BCUT2D eigenvalue weighted by atomic mass is 10.1. The first-order valence-electron chi connectivity index (χ1n) is 7.12. The summed E-state index contributed by atoms with van der Waals surface area (Å²) < 4.78 is 5.26. The Morgan fingerprint density at radius 1 is 1.45 bits per heavy atom. The molecule has 6 nitrogen and oxygen atoms in total. The summed E-state index contributed by atoms with van der Waals surface area (Å²) in [4.78, 5) is 26.8. The number of aromatic amines is 1. The third-order valence-corrected chi connectivity index (χ3v) is 3.60. The number of aryl methyl sites for hydroxylation is 1. The van der Waals surface area contributed by atoms with Gasteiger partial charge in [-0.3, -0.25) is 9.59 Å². The third kappa shape index (κ3) is 3.58. The zero-order valence-electron chi connectivity index (χ0n) is 13.1. The summed E-state index contributed by atoms with van der Waals surface area (Å²) in [7, 11) is 3.22. The van der Waals surface area contributed by atoms with Gasteiger partial charge in [0, 0.05) is 30.2 Å². The number of benzene rings is 1. The number of methoxy groups -OCH3 is 1. The quantitative estimate of drug-likeness (QED) is 0.756. The van der Waals surface area contributed by atoms with Crippen LogP contribution in [-0.4, -0.2) is 49.4 Å². The largest absolute Gasteiger partial charge is 0.497 e. The van der Waals surface area contributed by atoms with Gasteiger partial charge in [-0.25, -0.2) is 0 Å². The number of H-pyrrole nitrogens is 1. The number of likely N-dealkylation sites (N-methyl/N-ethyl adjacent to an activating group) is 1. The smallest absolute Gasteiger partial charge is 0.239 e. The van der Waals surface area contributed by atoms with Crippen molar-refractivity contribution in [2.45, 2.75) is 13.3 Å². The first-order valence-corrected chi connectivity index (χ1v) is 7.12. The van der Waals surface area contributed by atoms with Crippen molar-refractivity contribution in [1.29, 1.82) is 0 Å². The van der Waals surface area contributed by atoms with E-state index in [1.807, 2.05) is 25.1 Å². The molecule has 0 spiro atoms. The molecule has 6 heteroatoms. The Morgan fingerprint density at radius 2 is 2.23 bits per heavy atom. The molecule has 0 aliphatic rings. The summed E-state index contributed by atoms with van der Waals surface area (Å²) in [6.45, 7) is 2.62. The highest BCUT2D eigenvalue weighted by Gasteiger charge is 2.10. The summed E-state index contributed by atoms with van der Waals surface area (Å²) in [5.41, 5.74) is 3.31. The van der Waals surface area contributed by atoms with E-state index in [1.165, 1.54) is 4.90 Å². The van der Waals surface area contributed by atoms with Crippen molar-refractivity contribution in [3.05, 3.63) is 29.5 Å². The minimum atomic E-state index is -0.162. The molecule has 1 aromatic carbocycles. The summed E-state index contributed by atoms with van der Waals surface area (Å²) >= 11 is 0. The Labute approximate surface area is 129 Å². The monoisotopic (exact) mass is 303 g/mol. The molecule has 2 N–H and O–H groups in total. The zero-order chi connectivity index (χ0) is 16.1. The molecule has 0 fully saturated rings. The molecule has 0 saturated heterocycles. The Hall–Kier alpha value is -2.50. The van der Waals surface area contributed by atoms with Gasteiger partial charge in [-0.2, -0.15) is 0 Å². The molecule has 22 heavy (non-hydrogen) atoms. The number of carbonyl (C=O) groups excluding carboxylic acids is 2. The molecule has 0 aliphatic carbocycles. The van der Waals surface area contributed by atoms with Crippen LogP contribution >= 0.6 is 0 Å². The Morgan fingerprint density at radius 3 is 2.91 bits per heavy atom. The Bertz CT molecular complexity index is 679. The van der Waals surface area contributed by atoms with Crippen molar-refractivity contribution >= 4 is 23.2 Å². The fourth-order valence-corrected chi connectivity index (χ4v) is 2.46. The van der Waals surface area contributed by atoms with E-state index in [-0.39, 0.29) is 12.5 Å². The van der Waals surface area contributed by atoms with Crippen molar-refractivity contribution in [2.75, 3.05) is 27.2 Å². The molecule has 2 aromatic rings. The number of ether oxygens (including phenoxy) is 1. The second kappa shape index (κ2) is 6.98. The number of carbonyl (C=O) groups is 2. The topological polar surface area (TPSA) is 74.4 Å². The van der Waals surface area contributed by atoms with Crippen LogP contribution in [0.3, 0.4) is 0 Å². The van der Waals surface area contributed by atoms with E-state index in [2.05, 4.69) is 10.3 Å². The maximum absolute atomic E-state index is 11.7. The molecule has 0 bridgehead atoms. The Kier molecular flexibility index (Phi) is 5.04. The number of amides is 2. The van der Waals surface area contributed by atoms with Crippen molar-refractivity contribution in [3.8, 4) is 5.75 Å². The van der Waals surface area contributed by atoms with Crippen LogP contribution in [0.15, 0.2) is 18.2 Å². The van der Waals surface area contributed by atoms with E-state index in [4.69, 9.17) is 4.74 Å². The zero-order valence-corrected chi connectivity index (χ0v) is 13.1. The van der Waals surface area contributed by atoms with Crippen molar-refractivity contribution in [2.24, 2.45) is 0 Å². The fourth-order valence-electron chi connectivity index (χ4n) is 2.46. The van der Waals surface area contributed by atoms with Crippen LogP contribution in [0.1, 0.15) is 11.3 Å². The van der Waals surface area contributed by atoms with Gasteiger partial charge in [0.15, 0.2) is 0 Å². The third-order valence-electron chi connectivity index (χ3n) is 3.60. The highest BCUT2D eigenvalue weighted by Crippen LogP contribution is 2.26. The van der Waals surface area contributed by atoms with Crippen LogP contribution in [0.2, 0.25) is 0 Å². The van der Waals surface area contributed by atoms with E-state index in [0.29, 0.717) is 13.0 Å². The van der Waals surface area contributed by atoms with Crippen LogP contribution in [0.4, 0.5) is 0 Å². The van der Waals surface area contributed by atoms with E-state index in [1.54, 1.807) is 14.2 Å². The van der Waals surface area contributed by atoms with Gasteiger partial charge in [0.25, 0.3) is 0 Å². The van der Waals surface area contributed by atoms with Crippen LogP contribution in [0.25, 0.3) is 10.9 Å². The number of nitrogens with zero attached hydrogens (tertiary/aromatic N) is 1. The van der Waals surface area contributed by atoms with Crippen LogP contribution in [-0.2, 0) is 16.0 Å². The van der Waals surface area contributed by atoms with Crippen molar-refractivity contribution in [3.63, 3.8) is 0 Å². The number of nitrogens with one attached hydrogen (secondary N) is 2. The number of hydrogen-bond acceptors (Lipinski definition) is 3. The van der Waals surface area contributed by atoms with Gasteiger partial charge in [-0.1, -0.05) is 0 Å². The van der Waals surface area contributed by atoms with Gasteiger partial charge in [-0.05, 0) is 37.1 Å². The number of fused-ring (bicyclic) bond motifs is 1. The number of aromatic nitrogens is 1. The molecule has 1 heterocycles. The summed E-state index contributed by atoms with van der Waals surface area (Å²) in [6.07, 6.45) is 1.35. The molecule has 0 atom stereocenters. The summed E-state index contributed by atoms with van der Waals surface area (Å²) in [6, 6.07) is 5.90. The van der Waals surface area contributed by atoms with Gasteiger partial charge in [-0.15, -0.1) is 0 Å². The minimum absolute atomic E-state index is 0.0736. The van der Waals surface area contributed by atoms with Gasteiger partial charge < -0.3 is 19.9 Å². The second-order valence-electron chi connectivity index (χ2n) is 5.26. The van der Waals surface area contributed by atoms with Crippen molar-refractivity contribution in [1.82, 2.24) is 15.2 Å². The van der Waals surface area contributed by atoms with Crippen molar-refractivity contribution < 1.29 is 14.3 Å². The maximum Gasteiger partial charge on any atom is 0.239 e. The molecule has 1 aromatic heterocycles. The minimum Gasteiger partial charge on any atom is -0.497 e. The normalized spacial score (nSPS) is 10.5. The molecule has 118 valence electrons. The van der Waals surface area contributed by atoms with E-state index >= 15 is 0 Å². The lowest BCUT2D eigenvalue weighted by Crippen LogP contribution is -2.35. The molecule has 2 amide bonds. The average Bonchev–Trinajstić information content (AvgIpc) is 2.82. The lowest BCUT2D eigenvalue weighted by Gasteiger charge is -2.10. The summed E-state index contributed by atoms with van der Waals surface area (Å²) in [5.74, 6) is 0.647. The van der Waals surface area contributed by atoms with E-state index < -0.39 is 0 Å². The lowest BCUT2D eigenvalue weighted by molar-refractivity contribution is -0.127. The highest BCUT2D eigenvalue weighted by atomic mass is 16.5. The van der Waals surface area contributed by atoms with E-state index in [0.717, 1.165) is 34.3 Å². The number of rotatable bonds is 7. The van der Waals surface area contributed by atoms with Gasteiger partial charge in [0.05, 0.1) is 13.7 Å². The predicted molar refractivity (Wildman–Crippen MR) is 85.0 cm³/mol. The SMILES string of the molecule is COc1ccc2[nH]c(C)c(CCNC(=O)CN(C)C=O)c2c1. The summed E-state index contributed by atoms with van der Waals surface area (Å²) in [5, 5.41) is 3.93. The first-order chi connectivity index (χ1) is 10.5. The molecular formula is C16H21N3O3. The molecule has 0 radical (unpaired) electrons. The molecule has 0 aliphatic heterocycles. The van der Waals surface area contributed by atoms with Gasteiger partial charge >= 0.3 is 0 Å². The predicted octanol–water partition coefficient (Wildman–Crippen LogP) is 1.23. The molecule has 0 unspecified atom stereocenters. The van der Waals surface area contributed by atoms with E-state index in [9.17, 15) is 9.59 Å². The standard InChI is InChI=1S/C16H21N3O3/c1-11-13(6-7-17-16(21)9-19(2)10-20)14-8-12(22-3)4-5-15(14)18-11/h4-5,8,10,18H,6-7,9H2,1-3H3,(H,17,21). The molecular weight excluding hydrogens is 282 g/mol. The second-order valence-corrected chi connectivity index (χ2v) is 5.26. The van der Waals surface area contributed by atoms with Crippen LogP contribution < -0.4 is 10.1 Å². The fraction of sp³-hybridized carbons (Fsp3) is 0.375. The molecule has 2 rings (SSSR count). The van der Waals surface area contributed by atoms with Gasteiger partial charge in [0.2, 0.25) is 12.3 Å².